The summed E-state index contributed by atoms with van der Waals surface area (Å²) in [7, 11) is 0.148. The van der Waals surface area contributed by atoms with E-state index in [2.05, 4.69) is 20.8 Å². The molecular formula is C17H31O2P. The van der Waals surface area contributed by atoms with Gasteiger partial charge < -0.3 is 9.47 Å². The van der Waals surface area contributed by atoms with Crippen molar-refractivity contribution in [2.45, 2.75) is 82.8 Å². The monoisotopic (exact) mass is 298 g/mol. The summed E-state index contributed by atoms with van der Waals surface area (Å²) in [6.07, 6.45) is 8.06. The molecule has 4 fully saturated rings. The van der Waals surface area contributed by atoms with Crippen molar-refractivity contribution >= 4 is 7.92 Å². The SMILES string of the molecule is CC.CCP1C2(C)CCCC23CC2(CC13C)OCCO2. The smallest absolute Gasteiger partial charge is 0.169 e. The van der Waals surface area contributed by atoms with Gasteiger partial charge in [0.1, 0.15) is 0 Å². The molecule has 2 heterocycles. The van der Waals surface area contributed by atoms with Gasteiger partial charge in [0, 0.05) is 18.0 Å². The number of rotatable bonds is 1. The van der Waals surface area contributed by atoms with E-state index in [4.69, 9.17) is 9.47 Å². The van der Waals surface area contributed by atoms with E-state index in [1.54, 1.807) is 0 Å². The molecule has 4 rings (SSSR count). The molecule has 0 aromatic carbocycles. The third-order valence-electron chi connectivity index (χ3n) is 6.83. The van der Waals surface area contributed by atoms with Gasteiger partial charge in [0.05, 0.1) is 13.2 Å². The molecular weight excluding hydrogens is 267 g/mol. The first kappa shape index (κ1) is 15.3. The Balaban J connectivity index is 0.000000581. The van der Waals surface area contributed by atoms with Crippen LogP contribution in [0.2, 0.25) is 0 Å². The number of hydrogen-bond donors (Lipinski definition) is 0. The largest absolute Gasteiger partial charge is 0.347 e. The normalized spacial score (nSPS) is 51.1. The minimum atomic E-state index is -0.188. The van der Waals surface area contributed by atoms with Gasteiger partial charge in [-0.1, -0.05) is 49.0 Å². The van der Waals surface area contributed by atoms with E-state index in [0.29, 0.717) is 15.7 Å². The lowest BCUT2D eigenvalue weighted by Crippen LogP contribution is -2.63. The third kappa shape index (κ3) is 1.47. The molecule has 0 radical (unpaired) electrons. The van der Waals surface area contributed by atoms with Gasteiger partial charge in [-0.05, 0) is 29.6 Å². The topological polar surface area (TPSA) is 18.5 Å². The van der Waals surface area contributed by atoms with Crippen LogP contribution in [0, 0.1) is 5.41 Å². The molecule has 2 spiro atoms. The van der Waals surface area contributed by atoms with Crippen LogP contribution < -0.4 is 0 Å². The second kappa shape index (κ2) is 4.67. The lowest BCUT2D eigenvalue weighted by molar-refractivity contribution is -0.157. The first-order chi connectivity index (χ1) is 9.52. The van der Waals surface area contributed by atoms with Gasteiger partial charge in [0.25, 0.3) is 0 Å². The van der Waals surface area contributed by atoms with Gasteiger partial charge in [-0.3, -0.25) is 0 Å². The van der Waals surface area contributed by atoms with E-state index < -0.39 is 0 Å². The van der Waals surface area contributed by atoms with Crippen LogP contribution in [0.25, 0.3) is 0 Å². The van der Waals surface area contributed by atoms with Crippen LogP contribution in [0.4, 0.5) is 0 Å². The molecule has 4 aliphatic rings. The molecule has 3 heteroatoms. The summed E-state index contributed by atoms with van der Waals surface area (Å²) in [6.45, 7) is 13.2. The molecule has 2 nitrogen and oxygen atoms in total. The van der Waals surface area contributed by atoms with E-state index in [1.807, 2.05) is 13.8 Å². The van der Waals surface area contributed by atoms with Crippen LogP contribution in [-0.2, 0) is 9.47 Å². The summed E-state index contributed by atoms with van der Waals surface area (Å²) in [5.41, 5.74) is 0.548. The zero-order chi connectivity index (χ0) is 14.6. The van der Waals surface area contributed by atoms with E-state index in [0.717, 1.165) is 13.2 Å². The highest BCUT2D eigenvalue weighted by atomic mass is 31.1. The van der Waals surface area contributed by atoms with Crippen LogP contribution in [0.1, 0.15) is 66.7 Å². The molecule has 0 amide bonds. The quantitative estimate of drug-likeness (QED) is 0.650. The highest BCUT2D eigenvalue weighted by Crippen LogP contribution is 2.92. The molecule has 2 saturated carbocycles. The minimum absolute atomic E-state index is 0.148. The Labute approximate surface area is 125 Å². The van der Waals surface area contributed by atoms with Crippen LogP contribution in [0.5, 0.6) is 0 Å². The van der Waals surface area contributed by atoms with Gasteiger partial charge in [-0.25, -0.2) is 0 Å². The Kier molecular flexibility index (Phi) is 3.56. The van der Waals surface area contributed by atoms with E-state index in [1.165, 1.54) is 38.3 Å². The van der Waals surface area contributed by atoms with Gasteiger partial charge in [0.2, 0.25) is 0 Å². The molecule has 2 saturated heterocycles. The maximum atomic E-state index is 6.08. The van der Waals surface area contributed by atoms with Crippen molar-refractivity contribution in [2.24, 2.45) is 5.41 Å². The van der Waals surface area contributed by atoms with Crippen LogP contribution in [0.15, 0.2) is 0 Å². The van der Waals surface area contributed by atoms with Gasteiger partial charge in [-0.2, -0.15) is 0 Å². The van der Waals surface area contributed by atoms with Crippen molar-refractivity contribution in [2.75, 3.05) is 19.4 Å². The molecule has 4 unspecified atom stereocenters. The van der Waals surface area contributed by atoms with Crippen molar-refractivity contribution in [3.63, 3.8) is 0 Å². The summed E-state index contributed by atoms with van der Waals surface area (Å²) in [6, 6.07) is 0. The maximum absolute atomic E-state index is 6.08. The van der Waals surface area contributed by atoms with Gasteiger partial charge in [0.15, 0.2) is 5.79 Å². The lowest BCUT2D eigenvalue weighted by atomic mass is 9.68. The standard InChI is InChI=1S/C15H25O2P.C2H6/c1-4-18-12(2)6-5-7-14(12)11-15(10-13(14,18)3)16-8-9-17-15;1-2/h4-11H2,1-3H3;1-2H3. The minimum Gasteiger partial charge on any atom is -0.347 e. The lowest BCUT2D eigenvalue weighted by Gasteiger charge is -2.70. The summed E-state index contributed by atoms with van der Waals surface area (Å²) in [4.78, 5) is 0. The van der Waals surface area contributed by atoms with E-state index in [-0.39, 0.29) is 13.7 Å². The van der Waals surface area contributed by atoms with Crippen LogP contribution in [0.3, 0.4) is 0 Å². The van der Waals surface area contributed by atoms with Crippen molar-refractivity contribution in [1.82, 2.24) is 0 Å². The Hall–Kier alpha value is 0.350. The second-order valence-electron chi connectivity index (χ2n) is 7.19. The molecule has 0 bridgehead atoms. The first-order valence-electron chi connectivity index (χ1n) is 8.58. The predicted molar refractivity (Wildman–Crippen MR) is 85.8 cm³/mol. The van der Waals surface area contributed by atoms with Crippen molar-refractivity contribution < 1.29 is 9.47 Å². The third-order valence-corrected chi connectivity index (χ3v) is 11.1. The average molecular weight is 298 g/mol. The highest BCUT2D eigenvalue weighted by molar-refractivity contribution is 7.63. The molecule has 4 atom stereocenters. The molecule has 0 aromatic heterocycles. The van der Waals surface area contributed by atoms with Crippen LogP contribution in [-0.4, -0.2) is 35.5 Å². The fraction of sp³-hybridized carbons (Fsp3) is 1.00. The zero-order valence-electron chi connectivity index (χ0n) is 13.9. The molecule has 2 aliphatic carbocycles. The van der Waals surface area contributed by atoms with E-state index >= 15 is 0 Å². The van der Waals surface area contributed by atoms with Crippen molar-refractivity contribution in [3.8, 4) is 0 Å². The molecule has 20 heavy (non-hydrogen) atoms. The Morgan fingerprint density at radius 3 is 2.20 bits per heavy atom. The average Bonchev–Trinajstić information content (AvgIpc) is 3.04. The highest BCUT2D eigenvalue weighted by Gasteiger charge is 2.81. The molecule has 0 aromatic rings. The molecule has 116 valence electrons. The second-order valence-corrected chi connectivity index (χ2v) is 10.7. The first-order valence-corrected chi connectivity index (χ1v) is 10.1. The summed E-state index contributed by atoms with van der Waals surface area (Å²) >= 11 is 0. The Morgan fingerprint density at radius 2 is 1.60 bits per heavy atom. The van der Waals surface area contributed by atoms with Gasteiger partial charge in [-0.15, -0.1) is 0 Å². The maximum Gasteiger partial charge on any atom is 0.169 e. The fourth-order valence-corrected chi connectivity index (χ4v) is 11.5. The van der Waals surface area contributed by atoms with Crippen LogP contribution >= 0.6 is 7.92 Å². The summed E-state index contributed by atoms with van der Waals surface area (Å²) in [5, 5.41) is 1.16. The predicted octanol–water partition coefficient (Wildman–Crippen LogP) is 4.75. The number of hydrogen-bond acceptors (Lipinski definition) is 2. The molecule has 0 N–H and O–H groups in total. The summed E-state index contributed by atoms with van der Waals surface area (Å²) < 4.78 is 12.2. The fourth-order valence-electron chi connectivity index (χ4n) is 6.42. The summed E-state index contributed by atoms with van der Waals surface area (Å²) in [5.74, 6) is -0.188. The van der Waals surface area contributed by atoms with Gasteiger partial charge >= 0.3 is 0 Å². The number of ether oxygens (including phenoxy) is 2. The van der Waals surface area contributed by atoms with E-state index in [9.17, 15) is 0 Å². The van der Waals surface area contributed by atoms with Crippen molar-refractivity contribution in [1.29, 1.82) is 0 Å². The Bertz CT molecular complexity index is 392. The zero-order valence-corrected chi connectivity index (χ0v) is 14.8. The van der Waals surface area contributed by atoms with Crippen molar-refractivity contribution in [3.05, 3.63) is 0 Å². The molecule has 2 aliphatic heterocycles. The Morgan fingerprint density at radius 1 is 0.950 bits per heavy atom.